The maximum Gasteiger partial charge on any atom is 0.425 e. The fraction of sp³-hybridized carbons (Fsp3) is 0.267. The number of H-pyrrole nitrogens is 1. The molecule has 1 aromatic carbocycles. The Labute approximate surface area is 151 Å². The topological polar surface area (TPSA) is 96.0 Å². The van der Waals surface area contributed by atoms with Crippen molar-refractivity contribution < 1.29 is 31.1 Å². The molecule has 13 heteroatoms. The van der Waals surface area contributed by atoms with E-state index >= 15 is 0 Å². The summed E-state index contributed by atoms with van der Waals surface area (Å²) in [5, 5.41) is 2.50. The Morgan fingerprint density at radius 2 is 1.50 bits per heavy atom. The van der Waals surface area contributed by atoms with Crippen LogP contribution in [0.4, 0.5) is 37.0 Å². The molecule has 0 saturated carbocycles. The summed E-state index contributed by atoms with van der Waals surface area (Å²) in [4.78, 5) is 37.3. The molecule has 1 aliphatic heterocycles. The van der Waals surface area contributed by atoms with Gasteiger partial charge in [-0.05, 0) is 5.56 Å². The van der Waals surface area contributed by atoms with Crippen LogP contribution in [0.15, 0.2) is 39.9 Å². The minimum atomic E-state index is -6.13. The molecule has 0 saturated heterocycles. The number of amides is 2. The molecule has 2 heterocycles. The zero-order chi connectivity index (χ0) is 20.9. The maximum absolute atomic E-state index is 13.6. The maximum atomic E-state index is 13.6. The monoisotopic (exact) mass is 408 g/mol. The number of nitrogens with one attached hydrogen (secondary N) is 3. The van der Waals surface area contributed by atoms with Gasteiger partial charge in [-0.2, -0.15) is 26.3 Å². The van der Waals surface area contributed by atoms with Crippen molar-refractivity contribution in [2.45, 2.75) is 24.4 Å². The Morgan fingerprint density at radius 3 is 2.04 bits per heavy atom. The second-order valence-corrected chi connectivity index (χ2v) is 5.88. The number of carbonyl (C=O) groups is 1. The summed E-state index contributed by atoms with van der Waals surface area (Å²) in [6.45, 7) is -0.495. The van der Waals surface area contributed by atoms with Crippen LogP contribution in [0.1, 0.15) is 11.1 Å². The second kappa shape index (κ2) is 6.14. The van der Waals surface area contributed by atoms with Crippen LogP contribution in [-0.2, 0) is 12.1 Å². The molecule has 0 radical (unpaired) electrons. The molecule has 2 amide bonds. The average molecular weight is 408 g/mol. The Bertz CT molecular complexity index is 1020. The van der Waals surface area contributed by atoms with Crippen molar-refractivity contribution in [1.29, 1.82) is 0 Å². The zero-order valence-electron chi connectivity index (χ0n) is 13.5. The van der Waals surface area contributed by atoms with Crippen LogP contribution in [-0.4, -0.2) is 27.9 Å². The normalized spacial score (nSPS) is 16.1. The van der Waals surface area contributed by atoms with E-state index in [4.69, 9.17) is 0 Å². The Morgan fingerprint density at radius 1 is 0.929 bits per heavy atom. The predicted molar refractivity (Wildman–Crippen MR) is 82.8 cm³/mol. The summed E-state index contributed by atoms with van der Waals surface area (Å²) in [5.74, 6) is -1.18. The van der Waals surface area contributed by atoms with Gasteiger partial charge >= 0.3 is 24.1 Å². The molecule has 2 aromatic rings. The molecule has 3 rings (SSSR count). The van der Waals surface area contributed by atoms with Gasteiger partial charge in [-0.3, -0.25) is 19.7 Å². The number of alkyl halides is 6. The van der Waals surface area contributed by atoms with Crippen molar-refractivity contribution >= 4 is 11.8 Å². The lowest BCUT2D eigenvalue weighted by molar-refractivity contribution is -0.310. The van der Waals surface area contributed by atoms with E-state index < -0.39 is 53.1 Å². The van der Waals surface area contributed by atoms with E-state index in [-0.39, 0.29) is 0 Å². The van der Waals surface area contributed by atoms with Crippen LogP contribution in [0.5, 0.6) is 0 Å². The number of carbonyl (C=O) groups excluding carboxylic acids is 1. The van der Waals surface area contributed by atoms with Crippen LogP contribution >= 0.6 is 0 Å². The Hall–Kier alpha value is -3.25. The van der Waals surface area contributed by atoms with Crippen molar-refractivity contribution in [3.05, 3.63) is 62.3 Å². The molecule has 0 aliphatic carbocycles. The molecule has 0 spiro atoms. The largest absolute Gasteiger partial charge is 0.425 e. The van der Waals surface area contributed by atoms with Crippen LogP contribution in [0, 0.1) is 0 Å². The predicted octanol–water partition coefficient (Wildman–Crippen LogP) is 2.04. The SMILES string of the molecule is O=C1Nc2c(c(=O)[nH]c(=O)n2Cc2ccccc2)C(C(F)(F)F)(C(F)(F)F)N1. The van der Waals surface area contributed by atoms with Gasteiger partial charge in [0.25, 0.3) is 11.1 Å². The highest BCUT2D eigenvalue weighted by Gasteiger charge is 2.76. The molecule has 0 unspecified atom stereocenters. The minimum absolute atomic E-state index is 0.330. The second-order valence-electron chi connectivity index (χ2n) is 5.88. The van der Waals surface area contributed by atoms with Crippen LogP contribution in [0.2, 0.25) is 0 Å². The lowest BCUT2D eigenvalue weighted by atomic mass is 9.87. The molecule has 1 aliphatic rings. The van der Waals surface area contributed by atoms with Gasteiger partial charge in [0.2, 0.25) is 0 Å². The number of hydrogen-bond acceptors (Lipinski definition) is 3. The number of halogens is 6. The number of aromatic amines is 1. The van der Waals surface area contributed by atoms with E-state index in [0.717, 1.165) is 5.32 Å². The standard InChI is InChI=1S/C15H10F6N4O3/c16-14(17,18)13(15(19,20)21)8-9(22-11(27)24-13)25(12(28)23-10(8)26)6-7-4-2-1-3-5-7/h1-5H,6H2,(H2,22,24,27)(H,23,26,28). The average Bonchev–Trinajstić information content (AvgIpc) is 2.56. The third kappa shape index (κ3) is 2.82. The van der Waals surface area contributed by atoms with Gasteiger partial charge in [-0.1, -0.05) is 30.3 Å². The molecule has 0 atom stereocenters. The molecule has 150 valence electrons. The smallest absolute Gasteiger partial charge is 0.312 e. The molecule has 7 nitrogen and oxygen atoms in total. The third-order valence-corrected chi connectivity index (χ3v) is 4.14. The van der Waals surface area contributed by atoms with Crippen molar-refractivity contribution in [2.75, 3.05) is 5.32 Å². The van der Waals surface area contributed by atoms with Crippen LogP contribution < -0.4 is 21.9 Å². The van der Waals surface area contributed by atoms with E-state index in [0.29, 0.717) is 10.1 Å². The lowest BCUT2D eigenvalue weighted by Crippen LogP contribution is -2.70. The van der Waals surface area contributed by atoms with Gasteiger partial charge in [0.05, 0.1) is 6.54 Å². The molecule has 0 fully saturated rings. The van der Waals surface area contributed by atoms with E-state index in [9.17, 15) is 40.7 Å². The lowest BCUT2D eigenvalue weighted by Gasteiger charge is -2.41. The summed E-state index contributed by atoms with van der Waals surface area (Å²) in [7, 11) is 0. The third-order valence-electron chi connectivity index (χ3n) is 4.14. The van der Waals surface area contributed by atoms with Crippen LogP contribution in [0.25, 0.3) is 0 Å². The van der Waals surface area contributed by atoms with Crippen molar-refractivity contribution in [1.82, 2.24) is 14.9 Å². The van der Waals surface area contributed by atoms with Crippen LogP contribution in [0.3, 0.4) is 0 Å². The summed E-state index contributed by atoms with van der Waals surface area (Å²) in [6, 6.07) is 5.68. The Kier molecular flexibility index (Phi) is 4.28. The molecule has 28 heavy (non-hydrogen) atoms. The van der Waals surface area contributed by atoms with Gasteiger partial charge in [-0.15, -0.1) is 0 Å². The number of nitrogens with zero attached hydrogens (tertiary/aromatic N) is 1. The molecule has 1 aromatic heterocycles. The van der Waals surface area contributed by atoms with Gasteiger partial charge in [0, 0.05) is 0 Å². The number of benzene rings is 1. The van der Waals surface area contributed by atoms with Crippen molar-refractivity contribution in [3.8, 4) is 0 Å². The minimum Gasteiger partial charge on any atom is -0.312 e. The molecular weight excluding hydrogens is 398 g/mol. The summed E-state index contributed by atoms with van der Waals surface area (Å²) < 4.78 is 81.9. The number of urea groups is 1. The first-order chi connectivity index (χ1) is 12.9. The summed E-state index contributed by atoms with van der Waals surface area (Å²) in [5.41, 5.74) is -9.74. The fourth-order valence-electron chi connectivity index (χ4n) is 2.92. The van der Waals surface area contributed by atoms with Gasteiger partial charge in [0.1, 0.15) is 11.4 Å². The highest BCUT2D eigenvalue weighted by molar-refractivity contribution is 5.93. The first-order valence-electron chi connectivity index (χ1n) is 7.52. The number of aromatic nitrogens is 2. The summed E-state index contributed by atoms with van der Waals surface area (Å²) in [6.07, 6.45) is -12.3. The van der Waals surface area contributed by atoms with E-state index in [1.165, 1.54) is 29.2 Å². The first-order valence-corrected chi connectivity index (χ1v) is 7.52. The van der Waals surface area contributed by atoms with Crippen molar-refractivity contribution in [2.24, 2.45) is 0 Å². The molecule has 0 bridgehead atoms. The van der Waals surface area contributed by atoms with Gasteiger partial charge in [-0.25, -0.2) is 9.59 Å². The zero-order valence-corrected chi connectivity index (χ0v) is 13.5. The highest BCUT2D eigenvalue weighted by atomic mass is 19.4. The Balaban J connectivity index is 2.38. The fourth-order valence-corrected chi connectivity index (χ4v) is 2.92. The number of rotatable bonds is 2. The quantitative estimate of drug-likeness (QED) is 0.664. The first kappa shape index (κ1) is 19.5. The number of anilines is 1. The van der Waals surface area contributed by atoms with Gasteiger partial charge < -0.3 is 5.32 Å². The highest BCUT2D eigenvalue weighted by Crippen LogP contribution is 2.51. The molecular formula is C15H10F6N4O3. The molecule has 3 N–H and O–H groups in total. The van der Waals surface area contributed by atoms with Gasteiger partial charge in [0.15, 0.2) is 0 Å². The van der Waals surface area contributed by atoms with Crippen molar-refractivity contribution in [3.63, 3.8) is 0 Å². The van der Waals surface area contributed by atoms with E-state index in [1.54, 1.807) is 11.4 Å². The number of fused-ring (bicyclic) bond motifs is 1. The number of hydrogen-bond donors (Lipinski definition) is 3. The van der Waals surface area contributed by atoms with E-state index in [1.807, 2.05) is 0 Å². The van der Waals surface area contributed by atoms with E-state index in [2.05, 4.69) is 0 Å². The summed E-state index contributed by atoms with van der Waals surface area (Å²) >= 11 is 0.